The van der Waals surface area contributed by atoms with Crippen LogP contribution in [0.5, 0.6) is 0 Å². The normalized spacial score (nSPS) is 11.7. The summed E-state index contributed by atoms with van der Waals surface area (Å²) in [7, 11) is 1.80. The number of nitrogens with zero attached hydrogens (tertiary/aromatic N) is 1. The number of hydrogen-bond acceptors (Lipinski definition) is 2. The number of nitrogens with one attached hydrogen (secondary N) is 1. The third-order valence-corrected chi connectivity index (χ3v) is 2.06. The molecular weight excluding hydrogens is 155 g/mol. The van der Waals surface area contributed by atoms with Crippen molar-refractivity contribution in [2.75, 3.05) is 7.05 Å². The molecule has 0 spiro atoms. The minimum absolute atomic E-state index is 0.363. The molecule has 0 aromatic carbocycles. The molecule has 0 saturated carbocycles. The van der Waals surface area contributed by atoms with E-state index < -0.39 is 5.95 Å². The quantitative estimate of drug-likeness (QED) is 0.679. The lowest BCUT2D eigenvalue weighted by molar-refractivity contribution is 0.411. The van der Waals surface area contributed by atoms with Crippen molar-refractivity contribution in [1.82, 2.24) is 10.3 Å². The predicted octanol–water partition coefficient (Wildman–Crippen LogP) is 1.68. The molecule has 0 aliphatic heterocycles. The minimum Gasteiger partial charge on any atom is -0.311 e. The van der Waals surface area contributed by atoms with Gasteiger partial charge in [0.05, 0.1) is 0 Å². The molecule has 2 nitrogen and oxygen atoms in total. The minimum atomic E-state index is -0.406. The summed E-state index contributed by atoms with van der Waals surface area (Å²) in [6, 6.07) is 3.47. The summed E-state index contributed by atoms with van der Waals surface area (Å²) in [6.07, 6.45) is 1.45. The Labute approximate surface area is 71.8 Å². The first-order valence-corrected chi connectivity index (χ1v) is 3.88. The van der Waals surface area contributed by atoms with Crippen LogP contribution in [0.3, 0.4) is 0 Å². The maximum atomic E-state index is 13.1. The van der Waals surface area contributed by atoms with Crippen molar-refractivity contribution in [3.63, 3.8) is 0 Å². The molecule has 0 fully saturated rings. The van der Waals surface area contributed by atoms with Gasteiger partial charge in [0.1, 0.15) is 0 Å². The van der Waals surface area contributed by atoms with Gasteiger partial charge in [-0.1, -0.05) is 6.07 Å². The summed E-state index contributed by atoms with van der Waals surface area (Å²) in [5.74, 6) is -0.406. The van der Waals surface area contributed by atoms with Gasteiger partial charge < -0.3 is 5.32 Å². The van der Waals surface area contributed by atoms with Crippen molar-refractivity contribution in [3.05, 3.63) is 29.8 Å². The lowest BCUT2D eigenvalue weighted by atomic mass is 9.96. The Morgan fingerprint density at radius 2 is 2.17 bits per heavy atom. The van der Waals surface area contributed by atoms with E-state index in [0.29, 0.717) is 5.56 Å². The van der Waals surface area contributed by atoms with E-state index in [1.54, 1.807) is 19.2 Å². The maximum Gasteiger partial charge on any atom is 0.217 e. The molecule has 1 aromatic rings. The van der Waals surface area contributed by atoms with E-state index in [0.717, 1.165) is 0 Å². The van der Waals surface area contributed by atoms with E-state index in [4.69, 9.17) is 0 Å². The lowest BCUT2D eigenvalue weighted by Crippen LogP contribution is -2.34. The van der Waals surface area contributed by atoms with Crippen molar-refractivity contribution in [1.29, 1.82) is 0 Å². The molecule has 1 aromatic heterocycles. The summed E-state index contributed by atoms with van der Waals surface area (Å²) in [5.41, 5.74) is 0.228. The molecule has 0 radical (unpaired) electrons. The smallest absolute Gasteiger partial charge is 0.217 e. The van der Waals surface area contributed by atoms with Crippen LogP contribution in [0.15, 0.2) is 18.3 Å². The average molecular weight is 168 g/mol. The van der Waals surface area contributed by atoms with Gasteiger partial charge in [0.25, 0.3) is 0 Å². The van der Waals surface area contributed by atoms with E-state index in [-0.39, 0.29) is 5.54 Å². The molecule has 0 aliphatic carbocycles. The molecule has 0 amide bonds. The summed E-state index contributed by atoms with van der Waals surface area (Å²) in [6.45, 7) is 3.82. The monoisotopic (exact) mass is 168 g/mol. The summed E-state index contributed by atoms with van der Waals surface area (Å²) in [4.78, 5) is 3.59. The average Bonchev–Trinajstić information content (AvgIpc) is 2.05. The third kappa shape index (κ3) is 1.61. The largest absolute Gasteiger partial charge is 0.311 e. The third-order valence-electron chi connectivity index (χ3n) is 2.06. The highest BCUT2D eigenvalue weighted by molar-refractivity contribution is 5.19. The van der Waals surface area contributed by atoms with Gasteiger partial charge >= 0.3 is 0 Å². The second-order valence-electron chi connectivity index (χ2n) is 3.22. The zero-order valence-corrected chi connectivity index (χ0v) is 7.56. The second-order valence-corrected chi connectivity index (χ2v) is 3.22. The van der Waals surface area contributed by atoms with Gasteiger partial charge in [-0.15, -0.1) is 0 Å². The number of halogens is 1. The molecule has 0 saturated heterocycles. The molecule has 0 aliphatic rings. The van der Waals surface area contributed by atoms with E-state index in [1.807, 2.05) is 13.8 Å². The standard InChI is InChI=1S/C9H13FN2/c1-9(2,11-3)7-5-4-6-12-8(7)10/h4-6,11H,1-3H3. The SMILES string of the molecule is CNC(C)(C)c1cccnc1F. The van der Waals surface area contributed by atoms with Crippen LogP contribution in [0.25, 0.3) is 0 Å². The maximum absolute atomic E-state index is 13.1. The fraction of sp³-hybridized carbons (Fsp3) is 0.444. The molecule has 0 atom stereocenters. The van der Waals surface area contributed by atoms with Crippen molar-refractivity contribution >= 4 is 0 Å². The van der Waals surface area contributed by atoms with Crippen LogP contribution in [0.4, 0.5) is 4.39 Å². The van der Waals surface area contributed by atoms with Gasteiger partial charge in [0.15, 0.2) is 0 Å². The van der Waals surface area contributed by atoms with Crippen LogP contribution < -0.4 is 5.32 Å². The molecule has 66 valence electrons. The molecule has 1 N–H and O–H groups in total. The molecule has 12 heavy (non-hydrogen) atoms. The van der Waals surface area contributed by atoms with Crippen molar-refractivity contribution in [2.45, 2.75) is 19.4 Å². The fourth-order valence-electron chi connectivity index (χ4n) is 0.987. The Hall–Kier alpha value is -0.960. The fourth-order valence-corrected chi connectivity index (χ4v) is 0.987. The first kappa shape index (κ1) is 9.13. The molecule has 1 heterocycles. The number of rotatable bonds is 2. The van der Waals surface area contributed by atoms with Gasteiger partial charge in [0, 0.05) is 17.3 Å². The van der Waals surface area contributed by atoms with Gasteiger partial charge in [-0.05, 0) is 27.0 Å². The summed E-state index contributed by atoms with van der Waals surface area (Å²) in [5, 5.41) is 3.02. The Morgan fingerprint density at radius 3 is 2.67 bits per heavy atom. The summed E-state index contributed by atoms with van der Waals surface area (Å²) >= 11 is 0. The molecule has 0 bridgehead atoms. The van der Waals surface area contributed by atoms with Gasteiger partial charge in [0.2, 0.25) is 5.95 Å². The van der Waals surface area contributed by atoms with Gasteiger partial charge in [-0.3, -0.25) is 0 Å². The zero-order valence-electron chi connectivity index (χ0n) is 7.56. The van der Waals surface area contributed by atoms with Crippen molar-refractivity contribution in [3.8, 4) is 0 Å². The number of pyridine rings is 1. The van der Waals surface area contributed by atoms with Crippen LogP contribution in [0.1, 0.15) is 19.4 Å². The Bertz CT molecular complexity index is 271. The Kier molecular flexibility index (Phi) is 2.43. The van der Waals surface area contributed by atoms with Crippen LogP contribution >= 0.6 is 0 Å². The number of aromatic nitrogens is 1. The second kappa shape index (κ2) is 3.19. The Balaban J connectivity index is 3.10. The van der Waals surface area contributed by atoms with E-state index in [2.05, 4.69) is 10.3 Å². The lowest BCUT2D eigenvalue weighted by Gasteiger charge is -2.24. The predicted molar refractivity (Wildman–Crippen MR) is 46.3 cm³/mol. The molecule has 3 heteroatoms. The van der Waals surface area contributed by atoms with Crippen molar-refractivity contribution < 1.29 is 4.39 Å². The van der Waals surface area contributed by atoms with E-state index >= 15 is 0 Å². The topological polar surface area (TPSA) is 24.9 Å². The van der Waals surface area contributed by atoms with Crippen LogP contribution in [0, 0.1) is 5.95 Å². The first-order valence-electron chi connectivity index (χ1n) is 3.88. The zero-order chi connectivity index (χ0) is 9.19. The van der Waals surface area contributed by atoms with Crippen LogP contribution in [-0.2, 0) is 5.54 Å². The van der Waals surface area contributed by atoms with E-state index in [9.17, 15) is 4.39 Å². The Morgan fingerprint density at radius 1 is 1.50 bits per heavy atom. The molecule has 1 rings (SSSR count). The van der Waals surface area contributed by atoms with Gasteiger partial charge in [-0.2, -0.15) is 4.39 Å². The summed E-state index contributed by atoms with van der Waals surface area (Å²) < 4.78 is 13.1. The van der Waals surface area contributed by atoms with E-state index in [1.165, 1.54) is 6.20 Å². The molecular formula is C9H13FN2. The van der Waals surface area contributed by atoms with Crippen LogP contribution in [0.2, 0.25) is 0 Å². The van der Waals surface area contributed by atoms with Crippen molar-refractivity contribution in [2.24, 2.45) is 0 Å². The van der Waals surface area contributed by atoms with Gasteiger partial charge in [-0.25, -0.2) is 4.98 Å². The van der Waals surface area contributed by atoms with Crippen LogP contribution in [-0.4, -0.2) is 12.0 Å². The molecule has 0 unspecified atom stereocenters. The highest BCUT2D eigenvalue weighted by Crippen LogP contribution is 2.20. The number of hydrogen-bond donors (Lipinski definition) is 1. The highest BCUT2D eigenvalue weighted by Gasteiger charge is 2.21. The highest BCUT2D eigenvalue weighted by atomic mass is 19.1. The first-order chi connectivity index (χ1) is 5.58.